The zero-order valence-corrected chi connectivity index (χ0v) is 24.3. The molecule has 3 aliphatic heterocycles. The maximum absolute atomic E-state index is 11.7. The average Bonchev–Trinajstić information content (AvgIpc) is 3.77. The van der Waals surface area contributed by atoms with Gasteiger partial charge in [-0.2, -0.15) is 0 Å². The first-order chi connectivity index (χ1) is 20.5. The maximum atomic E-state index is 11.7. The molecule has 8 heteroatoms. The molecule has 3 fully saturated rings. The molecule has 2 saturated heterocycles. The molecule has 7 rings (SSSR count). The fraction of sp³-hybridized carbons (Fsp3) is 0.471. The van der Waals surface area contributed by atoms with Crippen molar-refractivity contribution in [3.05, 3.63) is 76.9 Å². The van der Waals surface area contributed by atoms with Crippen LogP contribution in [0.5, 0.6) is 5.75 Å². The molecule has 220 valence electrons. The van der Waals surface area contributed by atoms with Crippen molar-refractivity contribution in [1.29, 1.82) is 0 Å². The lowest BCUT2D eigenvalue weighted by Crippen LogP contribution is -2.42. The Morgan fingerprint density at radius 3 is 2.86 bits per heavy atom. The van der Waals surface area contributed by atoms with E-state index in [-0.39, 0.29) is 12.0 Å². The minimum absolute atomic E-state index is 0.166. The van der Waals surface area contributed by atoms with Crippen LogP contribution < -0.4 is 9.64 Å². The molecule has 42 heavy (non-hydrogen) atoms. The van der Waals surface area contributed by atoms with Crippen molar-refractivity contribution in [3.63, 3.8) is 0 Å². The summed E-state index contributed by atoms with van der Waals surface area (Å²) in [4.78, 5) is 21.4. The summed E-state index contributed by atoms with van der Waals surface area (Å²) in [5.41, 5.74) is 6.70. The van der Waals surface area contributed by atoms with Gasteiger partial charge in [-0.05, 0) is 78.6 Å². The summed E-state index contributed by atoms with van der Waals surface area (Å²) in [5.74, 6) is 1.28. The number of carboxylic acid groups (broad SMARTS) is 1. The SMILES string of the molecule is Cc1c(COc2ccccc2-c2cccc(N3CC[C@@]4(C(=O)O)C[C@H]4C3)n2)ccc2c1CCN(C[C@@H]1COCCO1)C2. The molecule has 4 heterocycles. The van der Waals surface area contributed by atoms with Crippen LogP contribution in [0, 0.1) is 18.3 Å². The molecule has 1 saturated carbocycles. The molecule has 1 N–H and O–H groups in total. The highest BCUT2D eigenvalue weighted by Crippen LogP contribution is 2.58. The molecule has 1 aliphatic carbocycles. The molecule has 2 aromatic carbocycles. The van der Waals surface area contributed by atoms with Gasteiger partial charge < -0.3 is 24.2 Å². The molecule has 0 radical (unpaired) electrons. The van der Waals surface area contributed by atoms with Crippen molar-refractivity contribution >= 4 is 11.8 Å². The van der Waals surface area contributed by atoms with Crippen molar-refractivity contribution < 1.29 is 24.1 Å². The number of carbonyl (C=O) groups is 1. The number of anilines is 1. The Morgan fingerprint density at radius 2 is 2.02 bits per heavy atom. The summed E-state index contributed by atoms with van der Waals surface area (Å²) in [6, 6.07) is 18.6. The second-order valence-corrected chi connectivity index (χ2v) is 12.3. The Kier molecular flexibility index (Phi) is 7.38. The van der Waals surface area contributed by atoms with Gasteiger partial charge in [0.1, 0.15) is 18.2 Å². The minimum Gasteiger partial charge on any atom is -0.488 e. The van der Waals surface area contributed by atoms with Gasteiger partial charge in [-0.25, -0.2) is 4.98 Å². The maximum Gasteiger partial charge on any atom is 0.310 e. The molecule has 0 bridgehead atoms. The highest BCUT2D eigenvalue weighted by atomic mass is 16.6. The number of carboxylic acids is 1. The van der Waals surface area contributed by atoms with Crippen LogP contribution in [0.25, 0.3) is 11.3 Å². The summed E-state index contributed by atoms with van der Waals surface area (Å²) >= 11 is 0. The van der Waals surface area contributed by atoms with Gasteiger partial charge in [0.2, 0.25) is 0 Å². The Bertz CT molecular complexity index is 1470. The van der Waals surface area contributed by atoms with Crippen LogP contribution in [-0.2, 0) is 33.8 Å². The Morgan fingerprint density at radius 1 is 1.12 bits per heavy atom. The fourth-order valence-corrected chi connectivity index (χ4v) is 7.09. The molecule has 1 aromatic heterocycles. The molecular formula is C34H39N3O5. The topological polar surface area (TPSA) is 84.4 Å². The van der Waals surface area contributed by atoms with Crippen molar-refractivity contribution in [1.82, 2.24) is 9.88 Å². The summed E-state index contributed by atoms with van der Waals surface area (Å²) < 4.78 is 17.9. The highest BCUT2D eigenvalue weighted by Gasteiger charge is 2.62. The predicted molar refractivity (Wildman–Crippen MR) is 160 cm³/mol. The monoisotopic (exact) mass is 569 g/mol. The standard InChI is InChI=1S/C34H39N3O5/c1-23-25(10-9-24-18-36(13-11-28(23)24)20-27-22-40-15-16-41-27)21-42-31-7-3-2-5-29(31)30-6-4-8-32(35-30)37-14-12-34(33(38)39)17-26(34)19-37/h2-10,26-27H,11-22H2,1H3,(H,38,39)/t26-,27+,34+/m0/s1. The zero-order valence-electron chi connectivity index (χ0n) is 24.3. The first kappa shape index (κ1) is 27.4. The molecule has 0 unspecified atom stereocenters. The number of hydrogen-bond donors (Lipinski definition) is 1. The van der Waals surface area contributed by atoms with Crippen LogP contribution in [0.2, 0.25) is 0 Å². The van der Waals surface area contributed by atoms with Gasteiger partial charge in [0.25, 0.3) is 0 Å². The first-order valence-corrected chi connectivity index (χ1v) is 15.2. The lowest BCUT2D eigenvalue weighted by molar-refractivity contribution is -0.144. The average molecular weight is 570 g/mol. The van der Waals surface area contributed by atoms with Gasteiger partial charge in [0, 0.05) is 38.3 Å². The van der Waals surface area contributed by atoms with E-state index in [1.165, 1.54) is 22.3 Å². The molecule has 0 spiro atoms. The number of piperidine rings is 1. The smallest absolute Gasteiger partial charge is 0.310 e. The second kappa shape index (κ2) is 11.3. The van der Waals surface area contributed by atoms with Crippen LogP contribution >= 0.6 is 0 Å². The van der Waals surface area contributed by atoms with Gasteiger partial charge in [-0.1, -0.05) is 30.3 Å². The molecule has 3 aromatic rings. The first-order valence-electron chi connectivity index (χ1n) is 15.2. The second-order valence-electron chi connectivity index (χ2n) is 12.3. The van der Waals surface area contributed by atoms with E-state index in [1.54, 1.807) is 0 Å². The third-order valence-corrected chi connectivity index (χ3v) is 9.76. The quantitative estimate of drug-likeness (QED) is 0.418. The number of aliphatic carboxylic acids is 1. The Balaban J connectivity index is 1.03. The van der Waals surface area contributed by atoms with E-state index in [9.17, 15) is 9.90 Å². The lowest BCUT2D eigenvalue weighted by Gasteiger charge is -2.34. The number of fused-ring (bicyclic) bond motifs is 2. The molecule has 4 aliphatic rings. The number of aromatic nitrogens is 1. The van der Waals surface area contributed by atoms with Gasteiger partial charge >= 0.3 is 5.97 Å². The van der Waals surface area contributed by atoms with Crippen molar-refractivity contribution in [3.8, 4) is 17.0 Å². The number of nitrogens with zero attached hydrogens (tertiary/aromatic N) is 3. The highest BCUT2D eigenvalue weighted by molar-refractivity contribution is 5.79. The van der Waals surface area contributed by atoms with Crippen LogP contribution in [0.15, 0.2) is 54.6 Å². The summed E-state index contributed by atoms with van der Waals surface area (Å²) in [6.45, 7) is 9.15. The number of para-hydroxylation sites is 1. The number of ether oxygens (including phenoxy) is 3. The normalized spacial score (nSPS) is 25.4. The predicted octanol–water partition coefficient (Wildman–Crippen LogP) is 4.71. The number of pyridine rings is 1. The number of hydrogen-bond acceptors (Lipinski definition) is 7. The van der Waals surface area contributed by atoms with Crippen LogP contribution in [0.4, 0.5) is 5.82 Å². The fourth-order valence-electron chi connectivity index (χ4n) is 7.09. The van der Waals surface area contributed by atoms with E-state index in [1.807, 2.05) is 36.4 Å². The molecule has 0 amide bonds. The molecule has 3 atom stereocenters. The third-order valence-electron chi connectivity index (χ3n) is 9.76. The van der Waals surface area contributed by atoms with Crippen molar-refractivity contribution in [2.24, 2.45) is 11.3 Å². The lowest BCUT2D eigenvalue weighted by atomic mass is 9.92. The summed E-state index contributed by atoms with van der Waals surface area (Å²) in [6.07, 6.45) is 2.65. The van der Waals surface area contributed by atoms with Gasteiger partial charge in [-0.3, -0.25) is 9.69 Å². The van der Waals surface area contributed by atoms with Gasteiger partial charge in [0.15, 0.2) is 0 Å². The van der Waals surface area contributed by atoms with E-state index in [4.69, 9.17) is 19.2 Å². The summed E-state index contributed by atoms with van der Waals surface area (Å²) in [5, 5.41) is 9.64. The van der Waals surface area contributed by atoms with E-state index in [0.29, 0.717) is 32.8 Å². The van der Waals surface area contributed by atoms with Crippen LogP contribution in [0.3, 0.4) is 0 Å². The van der Waals surface area contributed by atoms with E-state index in [2.05, 4.69) is 34.9 Å². The van der Waals surface area contributed by atoms with Crippen LogP contribution in [0.1, 0.15) is 35.1 Å². The number of benzene rings is 2. The Labute approximate surface area is 247 Å². The number of rotatable bonds is 8. The summed E-state index contributed by atoms with van der Waals surface area (Å²) in [7, 11) is 0. The molecular weight excluding hydrogens is 530 g/mol. The van der Waals surface area contributed by atoms with E-state index in [0.717, 1.165) is 68.4 Å². The Hall–Kier alpha value is -3.46. The zero-order chi connectivity index (χ0) is 28.7. The van der Waals surface area contributed by atoms with E-state index >= 15 is 0 Å². The van der Waals surface area contributed by atoms with Gasteiger partial charge in [-0.15, -0.1) is 0 Å². The largest absolute Gasteiger partial charge is 0.488 e. The van der Waals surface area contributed by atoms with Crippen LogP contribution in [-0.4, -0.2) is 73.1 Å². The minimum atomic E-state index is -0.642. The van der Waals surface area contributed by atoms with E-state index < -0.39 is 11.4 Å². The molecule has 8 nitrogen and oxygen atoms in total. The van der Waals surface area contributed by atoms with Crippen molar-refractivity contribution in [2.45, 2.75) is 45.4 Å². The van der Waals surface area contributed by atoms with Crippen molar-refractivity contribution in [2.75, 3.05) is 50.9 Å². The third kappa shape index (κ3) is 5.27. The van der Waals surface area contributed by atoms with Gasteiger partial charge in [0.05, 0.1) is 37.0 Å².